The highest BCUT2D eigenvalue weighted by atomic mass is 35.5. The van der Waals surface area contributed by atoms with Crippen molar-refractivity contribution in [2.24, 2.45) is 0 Å². The Bertz CT molecular complexity index is 839. The average Bonchev–Trinajstić information content (AvgIpc) is 2.87. The third-order valence-electron chi connectivity index (χ3n) is 6.46. The quantitative estimate of drug-likeness (QED) is 0.159. The van der Waals surface area contributed by atoms with Crippen LogP contribution in [-0.2, 0) is 24.3 Å². The molecule has 5 heteroatoms. The number of halogens is 1. The fraction of sp³-hybridized carbons (Fsp3) is 0.600. The topological polar surface area (TPSA) is 42.2 Å². The lowest BCUT2D eigenvalue weighted by Crippen LogP contribution is -2.31. The average molecular weight is 502 g/mol. The second-order valence-corrected chi connectivity index (χ2v) is 9.89. The second kappa shape index (κ2) is 18.2. The molecular formula is C30H46ClN2O2+. The molecule has 0 aliphatic carbocycles. The minimum absolute atomic E-state index is 0.0377. The summed E-state index contributed by atoms with van der Waals surface area (Å²) in [7, 11) is 0. The number of benzene rings is 1. The van der Waals surface area contributed by atoms with Gasteiger partial charge in [-0.05, 0) is 36.6 Å². The van der Waals surface area contributed by atoms with Gasteiger partial charge < -0.3 is 10.1 Å². The SMILES string of the molecule is CCCCCCCCCCCCCCOc1ccc(CC(=O)NCc2cc[n+](CC)cc2)c(Cl)c1. The van der Waals surface area contributed by atoms with Gasteiger partial charge in [0.15, 0.2) is 12.4 Å². The molecule has 1 heterocycles. The Labute approximate surface area is 218 Å². The monoisotopic (exact) mass is 501 g/mol. The van der Waals surface area contributed by atoms with Gasteiger partial charge in [0.05, 0.1) is 13.0 Å². The van der Waals surface area contributed by atoms with E-state index in [9.17, 15) is 4.79 Å². The Kier molecular flexibility index (Phi) is 15.2. The maximum absolute atomic E-state index is 12.3. The number of carbonyl (C=O) groups is 1. The summed E-state index contributed by atoms with van der Waals surface area (Å²) in [6, 6.07) is 9.69. The first-order valence-corrected chi connectivity index (χ1v) is 14.2. The number of nitrogens with one attached hydrogen (secondary N) is 1. The van der Waals surface area contributed by atoms with E-state index in [0.29, 0.717) is 18.2 Å². The molecule has 194 valence electrons. The van der Waals surface area contributed by atoms with Gasteiger partial charge in [-0.2, -0.15) is 0 Å². The van der Waals surface area contributed by atoms with Gasteiger partial charge in [-0.3, -0.25) is 4.79 Å². The van der Waals surface area contributed by atoms with Crippen LogP contribution in [0.25, 0.3) is 0 Å². The zero-order valence-electron chi connectivity index (χ0n) is 22.0. The molecular weight excluding hydrogens is 456 g/mol. The lowest BCUT2D eigenvalue weighted by molar-refractivity contribution is -0.693. The van der Waals surface area contributed by atoms with E-state index in [1.807, 2.05) is 42.7 Å². The summed E-state index contributed by atoms with van der Waals surface area (Å²) in [6.45, 7) is 6.53. The van der Waals surface area contributed by atoms with E-state index in [1.54, 1.807) is 0 Å². The van der Waals surface area contributed by atoms with E-state index in [-0.39, 0.29) is 12.3 Å². The second-order valence-electron chi connectivity index (χ2n) is 9.48. The first kappa shape index (κ1) is 29.2. The molecule has 0 aliphatic heterocycles. The molecule has 0 unspecified atom stereocenters. The summed E-state index contributed by atoms with van der Waals surface area (Å²) in [5.74, 6) is 0.736. The summed E-state index contributed by atoms with van der Waals surface area (Å²) in [6.07, 6.45) is 20.3. The summed E-state index contributed by atoms with van der Waals surface area (Å²) in [4.78, 5) is 12.3. The van der Waals surface area contributed by atoms with Crippen molar-refractivity contribution in [3.05, 3.63) is 58.9 Å². The van der Waals surface area contributed by atoms with Gasteiger partial charge in [-0.25, -0.2) is 4.57 Å². The standard InChI is InChI=1S/C30H45ClN2O2/c1-3-5-6-7-8-9-10-11-12-13-14-15-22-35-28-17-16-27(29(31)24-28)23-30(34)32-25-26-18-20-33(4-2)21-19-26/h16-21,24H,3-15,22-23,25H2,1-2H3/p+1. The molecule has 2 aromatic rings. The fourth-order valence-electron chi connectivity index (χ4n) is 4.15. The van der Waals surface area contributed by atoms with Gasteiger partial charge in [-0.1, -0.05) is 95.2 Å². The van der Waals surface area contributed by atoms with Crippen LogP contribution in [0.5, 0.6) is 5.75 Å². The van der Waals surface area contributed by atoms with Crippen LogP contribution in [-0.4, -0.2) is 12.5 Å². The van der Waals surface area contributed by atoms with E-state index in [4.69, 9.17) is 16.3 Å². The minimum atomic E-state index is -0.0377. The van der Waals surface area contributed by atoms with E-state index >= 15 is 0 Å². The predicted molar refractivity (Wildman–Crippen MR) is 146 cm³/mol. The van der Waals surface area contributed by atoms with Crippen molar-refractivity contribution < 1.29 is 14.1 Å². The van der Waals surface area contributed by atoms with Crippen LogP contribution < -0.4 is 14.6 Å². The number of hydrogen-bond donors (Lipinski definition) is 1. The highest BCUT2D eigenvalue weighted by molar-refractivity contribution is 6.31. The number of rotatable bonds is 19. The van der Waals surface area contributed by atoms with Crippen LogP contribution in [0.3, 0.4) is 0 Å². The van der Waals surface area contributed by atoms with Gasteiger partial charge in [0.1, 0.15) is 12.3 Å². The number of aryl methyl sites for hydroxylation is 1. The molecule has 0 aliphatic rings. The first-order chi connectivity index (χ1) is 17.1. The summed E-state index contributed by atoms with van der Waals surface area (Å²) >= 11 is 6.42. The van der Waals surface area contributed by atoms with Gasteiger partial charge in [0.2, 0.25) is 5.91 Å². The zero-order valence-corrected chi connectivity index (χ0v) is 22.8. The molecule has 0 saturated carbocycles. The van der Waals surface area contributed by atoms with Crippen LogP contribution >= 0.6 is 11.6 Å². The van der Waals surface area contributed by atoms with Crippen LogP contribution in [0.4, 0.5) is 0 Å². The first-order valence-electron chi connectivity index (χ1n) is 13.8. The summed E-state index contributed by atoms with van der Waals surface area (Å²) in [5, 5.41) is 3.55. The smallest absolute Gasteiger partial charge is 0.224 e. The van der Waals surface area contributed by atoms with E-state index in [2.05, 4.69) is 23.7 Å². The maximum Gasteiger partial charge on any atom is 0.224 e. The third-order valence-corrected chi connectivity index (χ3v) is 6.81. The number of hydrogen-bond acceptors (Lipinski definition) is 2. The molecule has 0 fully saturated rings. The van der Waals surface area contributed by atoms with Crippen LogP contribution in [0.2, 0.25) is 5.02 Å². The number of nitrogens with zero attached hydrogens (tertiary/aromatic N) is 1. The maximum atomic E-state index is 12.3. The zero-order chi connectivity index (χ0) is 25.1. The third kappa shape index (κ3) is 13.0. The van der Waals surface area contributed by atoms with Gasteiger partial charge in [-0.15, -0.1) is 0 Å². The van der Waals surface area contributed by atoms with Gasteiger partial charge in [0, 0.05) is 23.7 Å². The number of pyridine rings is 1. The highest BCUT2D eigenvalue weighted by Crippen LogP contribution is 2.23. The van der Waals surface area contributed by atoms with E-state index in [1.165, 1.54) is 70.6 Å². The Morgan fingerprint density at radius 2 is 1.46 bits per heavy atom. The minimum Gasteiger partial charge on any atom is -0.494 e. The molecule has 0 atom stereocenters. The molecule has 1 aromatic heterocycles. The van der Waals surface area contributed by atoms with E-state index in [0.717, 1.165) is 29.8 Å². The Morgan fingerprint density at radius 3 is 2.03 bits per heavy atom. The number of aromatic nitrogens is 1. The summed E-state index contributed by atoms with van der Waals surface area (Å²) in [5.41, 5.74) is 1.90. The van der Waals surface area contributed by atoms with Gasteiger partial charge in [0.25, 0.3) is 0 Å². The van der Waals surface area contributed by atoms with Crippen molar-refractivity contribution in [1.82, 2.24) is 5.32 Å². The fourth-order valence-corrected chi connectivity index (χ4v) is 4.38. The number of carbonyl (C=O) groups excluding carboxylic acids is 1. The molecule has 0 spiro atoms. The van der Waals surface area contributed by atoms with Gasteiger partial charge >= 0.3 is 0 Å². The molecule has 2 rings (SSSR count). The van der Waals surface area contributed by atoms with Crippen molar-refractivity contribution in [1.29, 1.82) is 0 Å². The Balaban J connectivity index is 1.54. The van der Waals surface area contributed by atoms with E-state index < -0.39 is 0 Å². The van der Waals surface area contributed by atoms with Crippen molar-refractivity contribution >= 4 is 17.5 Å². The summed E-state index contributed by atoms with van der Waals surface area (Å²) < 4.78 is 7.97. The van der Waals surface area contributed by atoms with Crippen LogP contribution in [0.1, 0.15) is 102 Å². The van der Waals surface area contributed by atoms with Crippen molar-refractivity contribution in [2.45, 2.75) is 110 Å². The Morgan fingerprint density at radius 1 is 0.857 bits per heavy atom. The number of ether oxygens (including phenoxy) is 1. The normalized spacial score (nSPS) is 10.9. The molecule has 0 saturated heterocycles. The lowest BCUT2D eigenvalue weighted by atomic mass is 10.1. The molecule has 0 bridgehead atoms. The van der Waals surface area contributed by atoms with Crippen molar-refractivity contribution in [3.63, 3.8) is 0 Å². The largest absolute Gasteiger partial charge is 0.494 e. The number of unbranched alkanes of at least 4 members (excludes halogenated alkanes) is 11. The molecule has 1 N–H and O–H groups in total. The molecule has 1 aromatic carbocycles. The highest BCUT2D eigenvalue weighted by Gasteiger charge is 2.09. The number of amides is 1. The molecule has 35 heavy (non-hydrogen) atoms. The molecule has 4 nitrogen and oxygen atoms in total. The lowest BCUT2D eigenvalue weighted by Gasteiger charge is -2.10. The predicted octanol–water partition coefficient (Wildman–Crippen LogP) is 7.59. The van der Waals surface area contributed by atoms with Crippen LogP contribution in [0, 0.1) is 0 Å². The Hall–Kier alpha value is -2.07. The van der Waals surface area contributed by atoms with Crippen molar-refractivity contribution in [2.75, 3.05) is 6.61 Å². The van der Waals surface area contributed by atoms with Crippen molar-refractivity contribution in [3.8, 4) is 5.75 Å². The molecule has 0 radical (unpaired) electrons. The van der Waals surface area contributed by atoms with Crippen LogP contribution in [0.15, 0.2) is 42.7 Å². The molecule has 1 amide bonds.